The zero-order valence-electron chi connectivity index (χ0n) is 16.5. The first-order chi connectivity index (χ1) is 12.6. The molecular formula is C18H32N4O5. The van der Waals surface area contributed by atoms with Crippen LogP contribution in [-0.2, 0) is 19.2 Å². The van der Waals surface area contributed by atoms with E-state index in [0.717, 1.165) is 0 Å². The molecule has 4 atom stereocenters. The van der Waals surface area contributed by atoms with Crippen LogP contribution in [0.15, 0.2) is 0 Å². The number of nitrogens with zero attached hydrogens (tertiary/aromatic N) is 1. The molecule has 154 valence electrons. The first kappa shape index (κ1) is 22.9. The number of carbonyl (C=O) groups is 4. The normalized spacial score (nSPS) is 20.1. The molecule has 0 aliphatic carbocycles. The number of hydrogen-bond donors (Lipinski definition) is 4. The summed E-state index contributed by atoms with van der Waals surface area (Å²) in [7, 11) is 0. The van der Waals surface area contributed by atoms with E-state index in [1.165, 1.54) is 4.90 Å². The summed E-state index contributed by atoms with van der Waals surface area (Å²) in [5.74, 6) is -2.61. The maximum absolute atomic E-state index is 12.8. The summed E-state index contributed by atoms with van der Waals surface area (Å²) in [6.45, 7) is 7.31. The van der Waals surface area contributed by atoms with Crippen molar-refractivity contribution in [3.8, 4) is 0 Å². The molecule has 9 heteroatoms. The largest absolute Gasteiger partial charge is 0.480 e. The molecule has 1 aliphatic heterocycles. The van der Waals surface area contributed by atoms with Gasteiger partial charge in [0.15, 0.2) is 0 Å². The van der Waals surface area contributed by atoms with Gasteiger partial charge in [0.05, 0.1) is 6.04 Å². The predicted octanol–water partition coefficient (Wildman–Crippen LogP) is -0.308. The monoisotopic (exact) mass is 384 g/mol. The molecule has 9 nitrogen and oxygen atoms in total. The summed E-state index contributed by atoms with van der Waals surface area (Å²) in [4.78, 5) is 49.8. The summed E-state index contributed by atoms with van der Waals surface area (Å²) in [6, 6.07) is -2.21. The van der Waals surface area contributed by atoms with E-state index in [9.17, 15) is 19.2 Å². The first-order valence-corrected chi connectivity index (χ1v) is 9.46. The highest BCUT2D eigenvalue weighted by Gasteiger charge is 2.38. The lowest BCUT2D eigenvalue weighted by Gasteiger charge is -2.30. The number of carboxylic acid groups (broad SMARTS) is 1. The Balaban J connectivity index is 2.85. The van der Waals surface area contributed by atoms with E-state index >= 15 is 0 Å². The van der Waals surface area contributed by atoms with E-state index in [1.807, 2.05) is 20.8 Å². The number of amides is 3. The lowest BCUT2D eigenvalue weighted by atomic mass is 9.97. The van der Waals surface area contributed by atoms with Crippen LogP contribution in [0.5, 0.6) is 0 Å². The highest BCUT2D eigenvalue weighted by atomic mass is 16.4. The fourth-order valence-corrected chi connectivity index (χ4v) is 3.00. The average Bonchev–Trinajstić information content (AvgIpc) is 3.11. The summed E-state index contributed by atoms with van der Waals surface area (Å²) < 4.78 is 0. The van der Waals surface area contributed by atoms with E-state index in [1.54, 1.807) is 6.92 Å². The molecule has 0 aromatic heterocycles. The van der Waals surface area contributed by atoms with Gasteiger partial charge in [-0.1, -0.05) is 34.1 Å². The van der Waals surface area contributed by atoms with Gasteiger partial charge < -0.3 is 26.4 Å². The molecule has 0 aromatic carbocycles. The lowest BCUT2D eigenvalue weighted by molar-refractivity contribution is -0.142. The van der Waals surface area contributed by atoms with Gasteiger partial charge in [0.25, 0.3) is 0 Å². The van der Waals surface area contributed by atoms with Crippen molar-refractivity contribution < 1.29 is 24.3 Å². The Bertz CT molecular complexity index is 566. The maximum Gasteiger partial charge on any atom is 0.322 e. The summed E-state index contributed by atoms with van der Waals surface area (Å²) >= 11 is 0. The van der Waals surface area contributed by atoms with Crippen molar-refractivity contribution >= 4 is 23.7 Å². The predicted molar refractivity (Wildman–Crippen MR) is 99.6 cm³/mol. The molecule has 0 bridgehead atoms. The van der Waals surface area contributed by atoms with Crippen molar-refractivity contribution in [1.29, 1.82) is 0 Å². The first-order valence-electron chi connectivity index (χ1n) is 9.46. The number of carbonyl (C=O) groups excluding carboxylic acids is 3. The number of aliphatic carboxylic acids is 1. The van der Waals surface area contributed by atoms with Crippen LogP contribution < -0.4 is 16.4 Å². The molecule has 1 saturated heterocycles. The Morgan fingerprint density at radius 2 is 1.85 bits per heavy atom. The molecule has 3 amide bonds. The minimum absolute atomic E-state index is 0.0449. The average molecular weight is 384 g/mol. The Morgan fingerprint density at radius 1 is 1.22 bits per heavy atom. The van der Waals surface area contributed by atoms with Gasteiger partial charge in [0, 0.05) is 6.54 Å². The van der Waals surface area contributed by atoms with Gasteiger partial charge in [0.2, 0.25) is 17.7 Å². The van der Waals surface area contributed by atoms with Crippen LogP contribution >= 0.6 is 0 Å². The maximum atomic E-state index is 12.8. The molecular weight excluding hydrogens is 352 g/mol. The number of nitrogens with two attached hydrogens (primary N) is 1. The van der Waals surface area contributed by atoms with E-state index in [4.69, 9.17) is 10.8 Å². The van der Waals surface area contributed by atoms with Gasteiger partial charge in [-0.25, -0.2) is 0 Å². The number of rotatable bonds is 9. The number of hydrogen-bond acceptors (Lipinski definition) is 5. The van der Waals surface area contributed by atoms with Crippen molar-refractivity contribution in [3.05, 3.63) is 0 Å². The molecule has 0 saturated carbocycles. The zero-order valence-corrected chi connectivity index (χ0v) is 16.5. The minimum atomic E-state index is -1.16. The van der Waals surface area contributed by atoms with Crippen molar-refractivity contribution in [3.63, 3.8) is 0 Å². The van der Waals surface area contributed by atoms with E-state index in [2.05, 4.69) is 10.6 Å². The third kappa shape index (κ3) is 6.20. The van der Waals surface area contributed by atoms with Crippen LogP contribution in [0, 0.1) is 11.8 Å². The van der Waals surface area contributed by atoms with Crippen LogP contribution in [0.3, 0.4) is 0 Å². The second kappa shape index (κ2) is 10.2. The van der Waals surface area contributed by atoms with Crippen molar-refractivity contribution in [1.82, 2.24) is 15.5 Å². The van der Waals surface area contributed by atoms with Crippen LogP contribution in [-0.4, -0.2) is 64.9 Å². The fourth-order valence-electron chi connectivity index (χ4n) is 3.00. The van der Waals surface area contributed by atoms with Crippen molar-refractivity contribution in [2.24, 2.45) is 17.6 Å². The molecule has 5 N–H and O–H groups in total. The van der Waals surface area contributed by atoms with Gasteiger partial charge in [-0.05, 0) is 24.7 Å². The Labute approximate surface area is 160 Å². The molecule has 1 heterocycles. The molecule has 27 heavy (non-hydrogen) atoms. The van der Waals surface area contributed by atoms with Crippen LogP contribution in [0.1, 0.15) is 47.0 Å². The number of nitrogens with one attached hydrogen (secondary N) is 2. The van der Waals surface area contributed by atoms with Crippen molar-refractivity contribution in [2.75, 3.05) is 13.1 Å². The van der Waals surface area contributed by atoms with Crippen LogP contribution in [0.25, 0.3) is 0 Å². The van der Waals surface area contributed by atoms with Crippen LogP contribution in [0.4, 0.5) is 0 Å². The molecule has 0 aromatic rings. The molecule has 1 fully saturated rings. The highest BCUT2D eigenvalue weighted by Crippen LogP contribution is 2.20. The van der Waals surface area contributed by atoms with E-state index in [-0.39, 0.29) is 17.7 Å². The second-order valence-electron chi connectivity index (χ2n) is 7.44. The second-order valence-corrected chi connectivity index (χ2v) is 7.44. The molecule has 0 radical (unpaired) electrons. The lowest BCUT2D eigenvalue weighted by Crippen LogP contribution is -2.57. The third-order valence-electron chi connectivity index (χ3n) is 5.05. The number of carboxylic acids is 1. The minimum Gasteiger partial charge on any atom is -0.480 e. The topological polar surface area (TPSA) is 142 Å². The SMILES string of the molecule is CCC(C)C(NC(=O)C1CCCN1C(=O)C(N)C(C)C)C(=O)NCC(=O)O. The summed E-state index contributed by atoms with van der Waals surface area (Å²) in [6.07, 6.45) is 1.82. The van der Waals surface area contributed by atoms with Gasteiger partial charge in [-0.3, -0.25) is 19.2 Å². The highest BCUT2D eigenvalue weighted by molar-refractivity contribution is 5.94. The van der Waals surface area contributed by atoms with E-state index < -0.39 is 42.5 Å². The fraction of sp³-hybridized carbons (Fsp3) is 0.778. The van der Waals surface area contributed by atoms with E-state index in [0.29, 0.717) is 25.8 Å². The summed E-state index contributed by atoms with van der Waals surface area (Å²) in [5.41, 5.74) is 5.95. The Kier molecular flexibility index (Phi) is 8.68. The molecule has 0 spiro atoms. The molecule has 1 rings (SSSR count). The van der Waals surface area contributed by atoms with Gasteiger partial charge >= 0.3 is 5.97 Å². The van der Waals surface area contributed by atoms with Gasteiger partial charge in [-0.2, -0.15) is 0 Å². The van der Waals surface area contributed by atoms with Gasteiger partial charge in [-0.15, -0.1) is 0 Å². The molecule has 1 aliphatic rings. The van der Waals surface area contributed by atoms with Crippen molar-refractivity contribution in [2.45, 2.75) is 65.1 Å². The standard InChI is InChI=1S/C18H32N4O5/c1-5-11(4)15(17(26)20-9-13(23)24)21-16(25)12-7-6-8-22(12)18(27)14(19)10(2)3/h10-12,14-15H,5-9,19H2,1-4H3,(H,20,26)(H,21,25)(H,23,24). The Hall–Kier alpha value is -2.16. The smallest absolute Gasteiger partial charge is 0.322 e. The third-order valence-corrected chi connectivity index (χ3v) is 5.05. The summed E-state index contributed by atoms with van der Waals surface area (Å²) in [5, 5.41) is 13.7. The Morgan fingerprint density at radius 3 is 2.37 bits per heavy atom. The number of likely N-dealkylation sites (tertiary alicyclic amines) is 1. The zero-order chi connectivity index (χ0) is 20.7. The van der Waals surface area contributed by atoms with Crippen LogP contribution in [0.2, 0.25) is 0 Å². The van der Waals surface area contributed by atoms with Gasteiger partial charge in [0.1, 0.15) is 18.6 Å². The quantitative estimate of drug-likeness (QED) is 0.430. The molecule has 4 unspecified atom stereocenters.